The van der Waals surface area contributed by atoms with E-state index in [2.05, 4.69) is 178 Å². The average molecular weight is 844 g/mol. The van der Waals surface area contributed by atoms with Crippen molar-refractivity contribution in [2.45, 2.75) is 52.4 Å². The van der Waals surface area contributed by atoms with Crippen molar-refractivity contribution in [2.24, 2.45) is 0 Å². The van der Waals surface area contributed by atoms with Crippen LogP contribution in [0.4, 0.5) is 11.4 Å². The largest absolute Gasteiger partial charge is 0.456 e. The van der Waals surface area contributed by atoms with Crippen LogP contribution in [0.3, 0.4) is 0 Å². The minimum absolute atomic E-state index is 0.00385. The van der Waals surface area contributed by atoms with Crippen LogP contribution in [0.2, 0.25) is 0 Å². The zero-order valence-corrected chi connectivity index (χ0v) is 37.3. The van der Waals surface area contributed by atoms with E-state index in [4.69, 9.17) is 13.8 Å². The zero-order valence-electron chi connectivity index (χ0n) is 36.5. The second-order valence-corrected chi connectivity index (χ2v) is 21.0. The number of furan rings is 1. The molecular formula is C57H42BN3O2S. The van der Waals surface area contributed by atoms with Gasteiger partial charge in [-0.15, -0.1) is 11.3 Å². The number of hydrogen-bond donors (Lipinski definition) is 0. The smallest absolute Gasteiger partial charge is 0.333 e. The lowest BCUT2D eigenvalue weighted by molar-refractivity contribution is 0.590. The lowest BCUT2D eigenvalue weighted by Gasteiger charge is -2.42. The van der Waals surface area contributed by atoms with Gasteiger partial charge in [0.15, 0.2) is 5.58 Å². The molecule has 14 rings (SSSR count). The van der Waals surface area contributed by atoms with Crippen molar-refractivity contribution in [3.8, 4) is 28.3 Å². The summed E-state index contributed by atoms with van der Waals surface area (Å²) in [5.41, 5.74) is 17.8. The van der Waals surface area contributed by atoms with Gasteiger partial charge in [-0.2, -0.15) is 0 Å². The number of para-hydroxylation sites is 1. The zero-order chi connectivity index (χ0) is 43.0. The molecule has 0 unspecified atom stereocenters. The van der Waals surface area contributed by atoms with Gasteiger partial charge in [0.25, 0.3) is 0 Å². The Balaban J connectivity index is 1.21. The van der Waals surface area contributed by atoms with E-state index in [0.717, 1.165) is 55.7 Å². The van der Waals surface area contributed by atoms with Crippen LogP contribution in [-0.4, -0.2) is 16.4 Å². The van der Waals surface area contributed by atoms with Crippen molar-refractivity contribution >= 4 is 116 Å². The van der Waals surface area contributed by atoms with Crippen LogP contribution in [0.1, 0.15) is 52.7 Å². The summed E-state index contributed by atoms with van der Waals surface area (Å²) in [6.45, 7) is 13.6. The highest BCUT2D eigenvalue weighted by atomic mass is 32.1. The van der Waals surface area contributed by atoms with E-state index in [-0.39, 0.29) is 17.7 Å². The summed E-state index contributed by atoms with van der Waals surface area (Å²) in [6, 6.07) is 53.5. The van der Waals surface area contributed by atoms with Gasteiger partial charge in [-0.3, -0.25) is 0 Å². The molecule has 64 heavy (non-hydrogen) atoms. The Morgan fingerprint density at radius 2 is 1.31 bits per heavy atom. The standard InChI is InChI=1S/C57H42BN3O2S/c1-56(2,3)32-20-23-34(24-21-32)61-43-27-37-35-16-10-12-18-45(35)62-46(37)28-39(43)49-50-36-17-11-13-19-48(36)64-54(50)51-38-26-33(57(4,5)6)22-25-42(38)60-44-30-47-41(29-40(44)58(61)52(49)53(51)60)59-55(63-47)31-14-8-7-9-15-31/h7-30H,1-6H3. The SMILES string of the molecule is CC(C)(C)c1ccc(N2B3c4cc5nc(-c6ccccc6)oc5cc4-n4c5ccc(C(C)(C)C)cc5c5c6sc7ccccc7c6c(c3c54)-c3cc4oc5ccccc5c4cc32)cc1. The van der Waals surface area contributed by atoms with Gasteiger partial charge in [0.1, 0.15) is 16.7 Å². The molecule has 2 aliphatic rings. The van der Waals surface area contributed by atoms with Crippen LogP contribution < -0.4 is 15.7 Å². The monoisotopic (exact) mass is 843 g/mol. The maximum atomic E-state index is 6.76. The molecule has 0 saturated carbocycles. The first-order valence-corrected chi connectivity index (χ1v) is 23.1. The lowest BCUT2D eigenvalue weighted by Crippen LogP contribution is -2.60. The fourth-order valence-electron chi connectivity index (χ4n) is 11.0. The molecule has 0 saturated heterocycles. The van der Waals surface area contributed by atoms with Crippen LogP contribution in [0.15, 0.2) is 154 Å². The molecule has 12 aromatic rings. The Morgan fingerprint density at radius 1 is 0.578 bits per heavy atom. The van der Waals surface area contributed by atoms with Gasteiger partial charge in [0.2, 0.25) is 5.89 Å². The molecule has 0 radical (unpaired) electrons. The molecule has 0 bridgehead atoms. The first kappa shape index (κ1) is 36.4. The number of fused-ring (bicyclic) bond motifs is 17. The third-order valence-electron chi connectivity index (χ3n) is 14.1. The molecule has 5 nitrogen and oxygen atoms in total. The summed E-state index contributed by atoms with van der Waals surface area (Å²) >= 11 is 1.92. The van der Waals surface area contributed by atoms with Crippen LogP contribution in [-0.2, 0) is 10.8 Å². The third kappa shape index (κ3) is 4.82. The van der Waals surface area contributed by atoms with E-state index in [0.29, 0.717) is 5.89 Å². The molecule has 0 N–H and O–H groups in total. The number of oxazole rings is 1. The van der Waals surface area contributed by atoms with Gasteiger partial charge in [-0.1, -0.05) is 114 Å². The topological polar surface area (TPSA) is 47.3 Å². The number of hydrogen-bond acceptors (Lipinski definition) is 5. The van der Waals surface area contributed by atoms with Gasteiger partial charge < -0.3 is 18.2 Å². The van der Waals surface area contributed by atoms with Gasteiger partial charge >= 0.3 is 6.85 Å². The molecule has 2 aliphatic heterocycles. The number of rotatable bonds is 2. The maximum Gasteiger partial charge on any atom is 0.333 e. The van der Waals surface area contributed by atoms with Crippen molar-refractivity contribution in [1.29, 1.82) is 0 Å². The highest BCUT2D eigenvalue weighted by Gasteiger charge is 2.46. The normalized spacial score (nSPS) is 13.7. The van der Waals surface area contributed by atoms with Crippen molar-refractivity contribution in [2.75, 3.05) is 4.81 Å². The van der Waals surface area contributed by atoms with Gasteiger partial charge in [-0.25, -0.2) is 4.98 Å². The predicted octanol–water partition coefficient (Wildman–Crippen LogP) is 14.7. The number of nitrogens with zero attached hydrogens (tertiary/aromatic N) is 3. The average Bonchev–Trinajstić information content (AvgIpc) is 4.07. The molecule has 0 spiro atoms. The quantitative estimate of drug-likeness (QED) is 0.163. The van der Waals surface area contributed by atoms with Crippen LogP contribution >= 0.6 is 11.3 Å². The molecule has 0 atom stereocenters. The molecular weight excluding hydrogens is 802 g/mol. The second kappa shape index (κ2) is 12.3. The van der Waals surface area contributed by atoms with Crippen LogP contribution in [0.25, 0.3) is 103 Å². The summed E-state index contributed by atoms with van der Waals surface area (Å²) in [5.74, 6) is 0.623. The fourth-order valence-corrected chi connectivity index (χ4v) is 12.3. The summed E-state index contributed by atoms with van der Waals surface area (Å²) in [5, 5.41) is 7.41. The van der Waals surface area contributed by atoms with Gasteiger partial charge in [-0.05, 0) is 105 Å². The number of thiophene rings is 1. The fraction of sp³-hybridized carbons (Fsp3) is 0.140. The van der Waals surface area contributed by atoms with E-state index in [1.165, 1.54) is 75.2 Å². The maximum absolute atomic E-state index is 6.76. The van der Waals surface area contributed by atoms with E-state index in [1.54, 1.807) is 0 Å². The molecule has 6 heterocycles. The molecule has 7 heteroatoms. The van der Waals surface area contributed by atoms with Gasteiger partial charge in [0, 0.05) is 76.0 Å². The molecule has 4 aromatic heterocycles. The number of anilines is 2. The van der Waals surface area contributed by atoms with E-state index in [1.807, 2.05) is 29.5 Å². The van der Waals surface area contributed by atoms with Crippen LogP contribution in [0.5, 0.6) is 0 Å². The van der Waals surface area contributed by atoms with Crippen molar-refractivity contribution in [1.82, 2.24) is 9.55 Å². The second-order valence-electron chi connectivity index (χ2n) is 19.9. The van der Waals surface area contributed by atoms with Crippen molar-refractivity contribution in [3.05, 3.63) is 157 Å². The Hall–Kier alpha value is -7.09. The van der Waals surface area contributed by atoms with Crippen molar-refractivity contribution < 1.29 is 8.83 Å². The molecule has 0 fully saturated rings. The first-order valence-electron chi connectivity index (χ1n) is 22.3. The Morgan fingerprint density at radius 3 is 2.11 bits per heavy atom. The third-order valence-corrected chi connectivity index (χ3v) is 15.3. The first-order chi connectivity index (χ1) is 31.0. The lowest BCUT2D eigenvalue weighted by atomic mass is 9.43. The highest BCUT2D eigenvalue weighted by Crippen LogP contribution is 2.54. The van der Waals surface area contributed by atoms with E-state index in [9.17, 15) is 0 Å². The molecule has 0 amide bonds. The summed E-state index contributed by atoms with van der Waals surface area (Å²) in [7, 11) is 0. The number of aromatic nitrogens is 2. The molecule has 306 valence electrons. The molecule has 0 aliphatic carbocycles. The molecule has 8 aromatic carbocycles. The van der Waals surface area contributed by atoms with E-state index < -0.39 is 0 Å². The number of benzene rings is 8. The van der Waals surface area contributed by atoms with Gasteiger partial charge in [0.05, 0.1) is 11.0 Å². The van der Waals surface area contributed by atoms with Crippen molar-refractivity contribution in [3.63, 3.8) is 0 Å². The van der Waals surface area contributed by atoms with Crippen LogP contribution in [0, 0.1) is 0 Å². The Labute approximate surface area is 374 Å². The summed E-state index contributed by atoms with van der Waals surface area (Å²) in [4.78, 5) is 7.84. The summed E-state index contributed by atoms with van der Waals surface area (Å²) < 4.78 is 18.6. The highest BCUT2D eigenvalue weighted by molar-refractivity contribution is 7.27. The Bertz CT molecular complexity index is 3990. The van der Waals surface area contributed by atoms with E-state index >= 15 is 0 Å². The predicted molar refractivity (Wildman–Crippen MR) is 270 cm³/mol. The summed E-state index contributed by atoms with van der Waals surface area (Å²) in [6.07, 6.45) is 0. The Kier molecular flexibility index (Phi) is 7.02. The minimum Gasteiger partial charge on any atom is -0.456 e. The minimum atomic E-state index is -0.209.